The van der Waals surface area contributed by atoms with E-state index in [4.69, 9.17) is 9.47 Å². The monoisotopic (exact) mass is 479 g/mol. The van der Waals surface area contributed by atoms with Crippen LogP contribution in [-0.2, 0) is 20.8 Å². The Morgan fingerprint density at radius 1 is 0.971 bits per heavy atom. The van der Waals surface area contributed by atoms with Crippen molar-refractivity contribution in [2.75, 3.05) is 19.8 Å². The van der Waals surface area contributed by atoms with Gasteiger partial charge < -0.3 is 19.5 Å². The molecule has 9 nitrogen and oxygen atoms in total. The number of hydrogen-bond donors (Lipinski definition) is 2. The molecule has 0 aliphatic heterocycles. The first-order valence-electron chi connectivity index (χ1n) is 11.4. The van der Waals surface area contributed by atoms with Crippen molar-refractivity contribution >= 4 is 17.8 Å². The lowest BCUT2D eigenvalue weighted by Gasteiger charge is -2.23. The highest BCUT2D eigenvalue weighted by atomic mass is 16.5. The van der Waals surface area contributed by atoms with Crippen molar-refractivity contribution in [1.29, 1.82) is 0 Å². The highest BCUT2D eigenvalue weighted by molar-refractivity contribution is 5.95. The number of aliphatic hydroxyl groups excluding tert-OH is 1. The van der Waals surface area contributed by atoms with Gasteiger partial charge in [-0.1, -0.05) is 54.6 Å². The van der Waals surface area contributed by atoms with Gasteiger partial charge in [-0.15, -0.1) is 0 Å². The predicted molar refractivity (Wildman–Crippen MR) is 128 cm³/mol. The molecule has 1 amide bonds. The number of aromatic amines is 1. The number of hydrogen-bond acceptors (Lipinski definition) is 7. The summed E-state index contributed by atoms with van der Waals surface area (Å²) < 4.78 is 9.78. The summed E-state index contributed by atoms with van der Waals surface area (Å²) >= 11 is 0. The lowest BCUT2D eigenvalue weighted by atomic mass is 10.0. The summed E-state index contributed by atoms with van der Waals surface area (Å²) in [5, 5.41) is 16.6. The molecule has 0 bridgehead atoms. The van der Waals surface area contributed by atoms with E-state index < -0.39 is 23.9 Å². The fourth-order valence-electron chi connectivity index (χ4n) is 3.45. The molecule has 1 aromatic heterocycles. The van der Waals surface area contributed by atoms with Gasteiger partial charge in [0, 0.05) is 25.6 Å². The van der Waals surface area contributed by atoms with Crippen LogP contribution in [0.25, 0.3) is 11.1 Å². The maximum atomic E-state index is 13.2. The van der Waals surface area contributed by atoms with Crippen molar-refractivity contribution in [2.24, 2.45) is 0 Å². The Balaban J connectivity index is 1.77. The van der Waals surface area contributed by atoms with Crippen LogP contribution in [0.1, 0.15) is 46.8 Å². The first-order valence-corrected chi connectivity index (χ1v) is 11.4. The van der Waals surface area contributed by atoms with Gasteiger partial charge in [-0.25, -0.2) is 9.59 Å². The lowest BCUT2D eigenvalue weighted by molar-refractivity contribution is -0.153. The summed E-state index contributed by atoms with van der Waals surface area (Å²) in [7, 11) is 0. The van der Waals surface area contributed by atoms with E-state index in [-0.39, 0.29) is 44.1 Å². The van der Waals surface area contributed by atoms with Crippen LogP contribution < -0.4 is 0 Å². The molecule has 0 fully saturated rings. The summed E-state index contributed by atoms with van der Waals surface area (Å²) in [6, 6.07) is 19.0. The number of amides is 1. The molecule has 1 heterocycles. The fraction of sp³-hybridized carbons (Fsp3) is 0.308. The van der Waals surface area contributed by atoms with Crippen molar-refractivity contribution in [3.05, 3.63) is 77.6 Å². The number of carbonyl (C=O) groups excluding carboxylic acids is 3. The second kappa shape index (κ2) is 12.5. The zero-order chi connectivity index (χ0) is 25.2. The summed E-state index contributed by atoms with van der Waals surface area (Å²) in [5.41, 5.74) is 3.06. The minimum absolute atomic E-state index is 0.0121. The van der Waals surface area contributed by atoms with Crippen LogP contribution in [0.3, 0.4) is 0 Å². The molecular formula is C26H29N3O6. The van der Waals surface area contributed by atoms with Crippen LogP contribution >= 0.6 is 0 Å². The van der Waals surface area contributed by atoms with E-state index in [0.717, 1.165) is 16.7 Å². The molecule has 1 atom stereocenters. The van der Waals surface area contributed by atoms with Gasteiger partial charge in [0.15, 0.2) is 11.8 Å². The third-order valence-electron chi connectivity index (χ3n) is 5.25. The molecule has 3 rings (SSSR count). The molecule has 2 N–H and O–H groups in total. The Morgan fingerprint density at radius 2 is 1.63 bits per heavy atom. The summed E-state index contributed by atoms with van der Waals surface area (Å²) in [4.78, 5) is 38.5. The fourth-order valence-corrected chi connectivity index (χ4v) is 3.45. The van der Waals surface area contributed by atoms with E-state index in [1.165, 1.54) is 11.0 Å². The number of benzene rings is 2. The number of rotatable bonds is 11. The van der Waals surface area contributed by atoms with Crippen molar-refractivity contribution < 1.29 is 29.0 Å². The zero-order valence-electron chi connectivity index (χ0n) is 19.8. The van der Waals surface area contributed by atoms with Gasteiger partial charge in [0.2, 0.25) is 0 Å². The second-order valence-corrected chi connectivity index (χ2v) is 7.73. The Labute approximate surface area is 203 Å². The molecule has 9 heteroatoms. The third-order valence-corrected chi connectivity index (χ3v) is 5.25. The first-order chi connectivity index (χ1) is 16.9. The summed E-state index contributed by atoms with van der Waals surface area (Å²) in [6.07, 6.45) is -1.37. The first kappa shape index (κ1) is 25.6. The Hall–Kier alpha value is -3.98. The van der Waals surface area contributed by atoms with Crippen LogP contribution in [0.5, 0.6) is 0 Å². The Bertz CT molecular complexity index is 1130. The standard InChI is InChI=1S/C26H29N3O6/c1-3-34-25(32)22-16-21(27-28-22)24(31)29(15-14-23(30)26(33)35-4-2)17-18-10-12-20(13-11-18)19-8-6-5-7-9-19/h5-13,16,23,30H,3-4,14-15,17H2,1-2H3,(H,27,28)/t23-/m1/s1. The molecule has 0 aliphatic carbocycles. The molecule has 0 spiro atoms. The van der Waals surface area contributed by atoms with Gasteiger partial charge >= 0.3 is 11.9 Å². The average Bonchev–Trinajstić information content (AvgIpc) is 3.38. The molecule has 0 radical (unpaired) electrons. The van der Waals surface area contributed by atoms with Crippen molar-refractivity contribution in [2.45, 2.75) is 32.9 Å². The Morgan fingerprint density at radius 3 is 2.29 bits per heavy atom. The normalized spacial score (nSPS) is 11.5. The number of nitrogens with zero attached hydrogens (tertiary/aromatic N) is 2. The maximum Gasteiger partial charge on any atom is 0.356 e. The average molecular weight is 480 g/mol. The lowest BCUT2D eigenvalue weighted by Crippen LogP contribution is -2.35. The highest BCUT2D eigenvalue weighted by Crippen LogP contribution is 2.20. The minimum Gasteiger partial charge on any atom is -0.464 e. The second-order valence-electron chi connectivity index (χ2n) is 7.73. The van der Waals surface area contributed by atoms with Gasteiger partial charge in [0.05, 0.1) is 13.2 Å². The van der Waals surface area contributed by atoms with E-state index in [9.17, 15) is 19.5 Å². The third kappa shape index (κ3) is 7.00. The number of esters is 2. The molecule has 0 saturated heterocycles. The molecule has 184 valence electrons. The highest BCUT2D eigenvalue weighted by Gasteiger charge is 2.24. The molecule has 3 aromatic rings. The molecule has 0 unspecified atom stereocenters. The van der Waals surface area contributed by atoms with E-state index in [1.54, 1.807) is 13.8 Å². The number of ether oxygens (including phenoxy) is 2. The van der Waals surface area contributed by atoms with Crippen LogP contribution in [0.2, 0.25) is 0 Å². The van der Waals surface area contributed by atoms with E-state index in [1.807, 2.05) is 54.6 Å². The maximum absolute atomic E-state index is 13.2. The number of nitrogens with one attached hydrogen (secondary N) is 1. The smallest absolute Gasteiger partial charge is 0.356 e. The van der Waals surface area contributed by atoms with Gasteiger partial charge in [-0.2, -0.15) is 5.10 Å². The van der Waals surface area contributed by atoms with Gasteiger partial charge in [0.25, 0.3) is 5.91 Å². The molecule has 0 saturated carbocycles. The molecule has 2 aromatic carbocycles. The van der Waals surface area contributed by atoms with Crippen LogP contribution in [-0.4, -0.2) is 63.9 Å². The van der Waals surface area contributed by atoms with Crippen LogP contribution in [0.15, 0.2) is 60.7 Å². The van der Waals surface area contributed by atoms with E-state index >= 15 is 0 Å². The summed E-state index contributed by atoms with van der Waals surface area (Å²) in [5.74, 6) is -1.81. The summed E-state index contributed by atoms with van der Waals surface area (Å²) in [6.45, 7) is 3.96. The predicted octanol–water partition coefficient (Wildman–Crippen LogP) is 3.21. The number of aliphatic hydroxyl groups is 1. The number of H-pyrrole nitrogens is 1. The van der Waals surface area contributed by atoms with Gasteiger partial charge in [0.1, 0.15) is 5.69 Å². The van der Waals surface area contributed by atoms with Crippen LogP contribution in [0.4, 0.5) is 0 Å². The van der Waals surface area contributed by atoms with E-state index in [0.29, 0.717) is 0 Å². The SMILES string of the molecule is CCOC(=O)c1cc(C(=O)N(CC[C@@H](O)C(=O)OCC)Cc2ccc(-c3ccccc3)cc2)n[nH]1. The van der Waals surface area contributed by atoms with Crippen molar-refractivity contribution in [3.63, 3.8) is 0 Å². The number of carbonyl (C=O) groups is 3. The molecule has 35 heavy (non-hydrogen) atoms. The number of aromatic nitrogens is 2. The zero-order valence-corrected chi connectivity index (χ0v) is 19.8. The topological polar surface area (TPSA) is 122 Å². The molecular weight excluding hydrogens is 450 g/mol. The van der Waals surface area contributed by atoms with Gasteiger partial charge in [-0.05, 0) is 30.5 Å². The van der Waals surface area contributed by atoms with E-state index in [2.05, 4.69) is 10.2 Å². The van der Waals surface area contributed by atoms with Crippen molar-refractivity contribution in [1.82, 2.24) is 15.1 Å². The Kier molecular flexibility index (Phi) is 9.14. The molecule has 0 aliphatic rings. The van der Waals surface area contributed by atoms with Crippen molar-refractivity contribution in [3.8, 4) is 11.1 Å². The van der Waals surface area contributed by atoms with Crippen LogP contribution in [0, 0.1) is 0 Å². The van der Waals surface area contributed by atoms with Gasteiger partial charge in [-0.3, -0.25) is 9.89 Å². The minimum atomic E-state index is -1.36. The largest absolute Gasteiger partial charge is 0.464 e. The quantitative estimate of drug-likeness (QED) is 0.405.